The second-order valence-electron chi connectivity index (χ2n) is 4.13. The van der Waals surface area contributed by atoms with Gasteiger partial charge in [-0.2, -0.15) is 0 Å². The molecule has 74 valence electrons. The zero-order chi connectivity index (χ0) is 10.1. The van der Waals surface area contributed by atoms with Gasteiger partial charge in [-0.15, -0.1) is 0 Å². The van der Waals surface area contributed by atoms with Crippen molar-refractivity contribution in [3.8, 4) is 0 Å². The van der Waals surface area contributed by atoms with Crippen LogP contribution in [0.2, 0.25) is 0 Å². The second kappa shape index (κ2) is 3.45. The smallest absolute Gasteiger partial charge is 0.165 e. The average molecular weight is 189 g/mol. The molecule has 0 N–H and O–H groups in total. The molecule has 0 saturated carbocycles. The molecule has 0 amide bonds. The van der Waals surface area contributed by atoms with Gasteiger partial charge in [0.15, 0.2) is 5.78 Å². The summed E-state index contributed by atoms with van der Waals surface area (Å²) in [6, 6.07) is 7.86. The largest absolute Gasteiger partial charge is 0.374 e. The maximum Gasteiger partial charge on any atom is 0.165 e. The van der Waals surface area contributed by atoms with Gasteiger partial charge in [0.05, 0.1) is 0 Å². The third kappa shape index (κ3) is 1.52. The number of hydrogen-bond donors (Lipinski definition) is 0. The number of rotatable bonds is 0. The van der Waals surface area contributed by atoms with Crippen LogP contribution in [0.5, 0.6) is 0 Å². The van der Waals surface area contributed by atoms with Crippen molar-refractivity contribution in [1.29, 1.82) is 0 Å². The summed E-state index contributed by atoms with van der Waals surface area (Å²) in [5.41, 5.74) is 1.95. The first kappa shape index (κ1) is 9.25. The molecule has 0 aromatic heterocycles. The molecule has 0 fully saturated rings. The van der Waals surface area contributed by atoms with Crippen LogP contribution in [0.1, 0.15) is 23.7 Å². The van der Waals surface area contributed by atoms with Gasteiger partial charge in [0.2, 0.25) is 0 Å². The van der Waals surface area contributed by atoms with E-state index >= 15 is 0 Å². The summed E-state index contributed by atoms with van der Waals surface area (Å²) in [7, 11) is 2.05. The lowest BCUT2D eigenvalue weighted by Gasteiger charge is -2.20. The van der Waals surface area contributed by atoms with Gasteiger partial charge >= 0.3 is 0 Å². The van der Waals surface area contributed by atoms with Crippen molar-refractivity contribution in [3.63, 3.8) is 0 Å². The van der Waals surface area contributed by atoms with Crippen LogP contribution in [-0.4, -0.2) is 19.4 Å². The second-order valence-corrected chi connectivity index (χ2v) is 4.13. The zero-order valence-electron chi connectivity index (χ0n) is 8.66. The molecule has 0 saturated heterocycles. The summed E-state index contributed by atoms with van der Waals surface area (Å²) in [6.07, 6.45) is 0.668. The lowest BCUT2D eigenvalue weighted by Crippen LogP contribution is -2.22. The molecular weight excluding hydrogens is 174 g/mol. The Labute approximate surface area is 84.5 Å². The molecule has 1 heterocycles. The van der Waals surface area contributed by atoms with E-state index in [4.69, 9.17) is 0 Å². The molecule has 1 aromatic rings. The van der Waals surface area contributed by atoms with Crippen molar-refractivity contribution in [2.75, 3.05) is 18.5 Å². The summed E-state index contributed by atoms with van der Waals surface area (Å²) in [5.74, 6) is 0.720. The van der Waals surface area contributed by atoms with Crippen molar-refractivity contribution in [3.05, 3.63) is 29.8 Å². The van der Waals surface area contributed by atoms with E-state index in [0.717, 1.165) is 17.8 Å². The predicted octanol–water partition coefficient (Wildman–Crippen LogP) is 2.35. The summed E-state index contributed by atoms with van der Waals surface area (Å²) >= 11 is 0. The number of Topliss-reactive ketones (excluding diaryl/α,β-unsaturated/α-hetero) is 1. The SMILES string of the molecule is C[C@H]1CC(=O)c2ccccc2N(C)C1. The molecule has 1 atom stereocenters. The standard InChI is InChI=1S/C12H15NO/c1-9-7-12(14)10-5-3-4-6-11(10)13(2)8-9/h3-6,9H,7-8H2,1-2H3/t9-/m0/s1. The van der Waals surface area contributed by atoms with Gasteiger partial charge in [-0.05, 0) is 18.1 Å². The third-order valence-electron chi connectivity index (χ3n) is 2.74. The number of carbonyl (C=O) groups excluding carboxylic acids is 1. The van der Waals surface area contributed by atoms with Crippen LogP contribution in [0.3, 0.4) is 0 Å². The Hall–Kier alpha value is -1.31. The molecular formula is C12H15NO. The highest BCUT2D eigenvalue weighted by Gasteiger charge is 2.21. The van der Waals surface area contributed by atoms with Crippen LogP contribution >= 0.6 is 0 Å². The number of para-hydroxylation sites is 1. The van der Waals surface area contributed by atoms with Gasteiger partial charge < -0.3 is 4.90 Å². The van der Waals surface area contributed by atoms with Crippen LogP contribution < -0.4 is 4.90 Å². The average Bonchev–Trinajstić information content (AvgIpc) is 2.26. The van der Waals surface area contributed by atoms with Crippen LogP contribution in [0.25, 0.3) is 0 Å². The minimum absolute atomic E-state index is 0.275. The topological polar surface area (TPSA) is 20.3 Å². The quantitative estimate of drug-likeness (QED) is 0.624. The predicted molar refractivity (Wildman–Crippen MR) is 57.8 cm³/mol. The molecule has 1 aromatic carbocycles. The molecule has 1 aliphatic rings. The Morgan fingerprint density at radius 2 is 2.07 bits per heavy atom. The highest BCUT2D eigenvalue weighted by Crippen LogP contribution is 2.26. The molecule has 2 heteroatoms. The molecule has 0 unspecified atom stereocenters. The molecule has 0 spiro atoms. The highest BCUT2D eigenvalue weighted by molar-refractivity contribution is 6.02. The van der Waals surface area contributed by atoms with Crippen molar-refractivity contribution in [2.45, 2.75) is 13.3 Å². The third-order valence-corrected chi connectivity index (χ3v) is 2.74. The minimum Gasteiger partial charge on any atom is -0.374 e. The normalized spacial score (nSPS) is 21.7. The van der Waals surface area contributed by atoms with Crippen molar-refractivity contribution >= 4 is 11.5 Å². The Morgan fingerprint density at radius 3 is 2.86 bits per heavy atom. The zero-order valence-corrected chi connectivity index (χ0v) is 8.66. The summed E-state index contributed by atoms with van der Waals surface area (Å²) in [6.45, 7) is 3.09. The van der Waals surface area contributed by atoms with Crippen LogP contribution in [-0.2, 0) is 0 Å². The Morgan fingerprint density at radius 1 is 1.36 bits per heavy atom. The maximum atomic E-state index is 11.8. The Balaban J connectivity index is 2.48. The number of hydrogen-bond acceptors (Lipinski definition) is 2. The summed E-state index contributed by atoms with van der Waals surface area (Å²) in [4.78, 5) is 14.0. The maximum absolute atomic E-state index is 11.8. The summed E-state index contributed by atoms with van der Waals surface area (Å²) in [5, 5.41) is 0. The van der Waals surface area contributed by atoms with Gasteiger partial charge in [0.25, 0.3) is 0 Å². The van der Waals surface area contributed by atoms with Crippen molar-refractivity contribution < 1.29 is 4.79 Å². The fourth-order valence-electron chi connectivity index (χ4n) is 2.10. The summed E-state index contributed by atoms with van der Waals surface area (Å²) < 4.78 is 0. The Kier molecular flexibility index (Phi) is 2.28. The lowest BCUT2D eigenvalue weighted by atomic mass is 10.0. The molecule has 0 bridgehead atoms. The first-order valence-corrected chi connectivity index (χ1v) is 5.02. The van der Waals surface area contributed by atoms with Crippen LogP contribution in [0.4, 0.5) is 5.69 Å². The van der Waals surface area contributed by atoms with Gasteiger partial charge in [-0.25, -0.2) is 0 Å². The van der Waals surface area contributed by atoms with Gasteiger partial charge in [0, 0.05) is 31.3 Å². The highest BCUT2D eigenvalue weighted by atomic mass is 16.1. The fourth-order valence-corrected chi connectivity index (χ4v) is 2.10. The minimum atomic E-state index is 0.275. The number of benzene rings is 1. The number of ketones is 1. The number of anilines is 1. The first-order chi connectivity index (χ1) is 6.68. The van der Waals surface area contributed by atoms with Crippen LogP contribution in [0.15, 0.2) is 24.3 Å². The molecule has 1 aliphatic heterocycles. The molecule has 2 rings (SSSR count). The van der Waals surface area contributed by atoms with Crippen molar-refractivity contribution in [1.82, 2.24) is 0 Å². The number of carbonyl (C=O) groups is 1. The van der Waals surface area contributed by atoms with Gasteiger partial charge in [-0.3, -0.25) is 4.79 Å². The van der Waals surface area contributed by atoms with E-state index in [9.17, 15) is 4.79 Å². The monoisotopic (exact) mass is 189 g/mol. The molecule has 2 nitrogen and oxygen atoms in total. The lowest BCUT2D eigenvalue weighted by molar-refractivity contribution is 0.0970. The van der Waals surface area contributed by atoms with E-state index in [1.807, 2.05) is 31.3 Å². The van der Waals surface area contributed by atoms with E-state index in [1.54, 1.807) is 0 Å². The number of nitrogens with zero attached hydrogens (tertiary/aromatic N) is 1. The van der Waals surface area contributed by atoms with Gasteiger partial charge in [0.1, 0.15) is 0 Å². The van der Waals surface area contributed by atoms with E-state index in [1.165, 1.54) is 0 Å². The fraction of sp³-hybridized carbons (Fsp3) is 0.417. The van der Waals surface area contributed by atoms with E-state index in [-0.39, 0.29) is 5.78 Å². The van der Waals surface area contributed by atoms with Gasteiger partial charge in [-0.1, -0.05) is 19.1 Å². The van der Waals surface area contributed by atoms with Crippen molar-refractivity contribution in [2.24, 2.45) is 5.92 Å². The van der Waals surface area contributed by atoms with Crippen LogP contribution in [0, 0.1) is 5.92 Å². The molecule has 0 radical (unpaired) electrons. The first-order valence-electron chi connectivity index (χ1n) is 5.02. The molecule has 14 heavy (non-hydrogen) atoms. The van der Waals surface area contributed by atoms with E-state index in [2.05, 4.69) is 11.8 Å². The van der Waals surface area contributed by atoms with E-state index < -0.39 is 0 Å². The Bertz CT molecular complexity index is 359. The molecule has 0 aliphatic carbocycles. The van der Waals surface area contributed by atoms with E-state index in [0.29, 0.717) is 12.3 Å². The number of fused-ring (bicyclic) bond motifs is 1.